The average molecular weight is 332 g/mol. The molecule has 132 valence electrons. The lowest BCUT2D eigenvalue weighted by atomic mass is 9.97. The van der Waals surface area contributed by atoms with Crippen LogP contribution >= 0.6 is 0 Å². The van der Waals surface area contributed by atoms with Crippen molar-refractivity contribution in [3.63, 3.8) is 0 Å². The van der Waals surface area contributed by atoms with E-state index in [1.54, 1.807) is 0 Å². The van der Waals surface area contributed by atoms with Crippen molar-refractivity contribution in [2.45, 2.75) is 58.2 Å². The summed E-state index contributed by atoms with van der Waals surface area (Å²) in [5.41, 5.74) is 0.961. The second kappa shape index (κ2) is 9.42. The van der Waals surface area contributed by atoms with E-state index in [0.717, 1.165) is 18.4 Å². The van der Waals surface area contributed by atoms with Gasteiger partial charge >= 0.3 is 5.97 Å². The molecule has 0 spiro atoms. The summed E-state index contributed by atoms with van der Waals surface area (Å²) in [7, 11) is 0. The predicted molar refractivity (Wildman–Crippen MR) is 93.3 cm³/mol. The summed E-state index contributed by atoms with van der Waals surface area (Å²) in [5.74, 6) is -0.315. The van der Waals surface area contributed by atoms with Gasteiger partial charge in [0.25, 0.3) is 0 Å². The predicted octanol–water partition coefficient (Wildman–Crippen LogP) is 2.50. The number of hydrogen-bond donors (Lipinski definition) is 1. The maximum Gasteiger partial charge on any atom is 0.307 e. The lowest BCUT2D eigenvalue weighted by molar-refractivity contribution is -0.144. The molecule has 0 radical (unpaired) electrons. The molecule has 1 saturated heterocycles. The number of piperidine rings is 1. The highest BCUT2D eigenvalue weighted by atomic mass is 16.5. The fraction of sp³-hybridized carbons (Fsp3) is 0.579. The average Bonchev–Trinajstić information content (AvgIpc) is 2.57. The lowest BCUT2D eigenvalue weighted by Crippen LogP contribution is -2.48. The first-order valence-corrected chi connectivity index (χ1v) is 8.78. The van der Waals surface area contributed by atoms with E-state index in [0.29, 0.717) is 25.2 Å². The molecule has 0 saturated carbocycles. The first kappa shape index (κ1) is 18.5. The summed E-state index contributed by atoms with van der Waals surface area (Å²) in [5, 5.41) is 2.82. The third kappa shape index (κ3) is 5.96. The molecule has 5 nitrogen and oxygen atoms in total. The smallest absolute Gasteiger partial charge is 0.307 e. The number of rotatable bonds is 7. The normalized spacial score (nSPS) is 21.2. The summed E-state index contributed by atoms with van der Waals surface area (Å²) in [6.45, 7) is 5.34. The Bertz CT molecular complexity index is 523. The van der Waals surface area contributed by atoms with Crippen LogP contribution in [0.2, 0.25) is 0 Å². The molecule has 2 rings (SSSR count). The molecule has 24 heavy (non-hydrogen) atoms. The Balaban J connectivity index is 1.62. The number of hydrogen-bond acceptors (Lipinski definition) is 4. The van der Waals surface area contributed by atoms with Gasteiger partial charge < -0.3 is 10.1 Å². The van der Waals surface area contributed by atoms with Crippen molar-refractivity contribution in [2.75, 3.05) is 13.1 Å². The van der Waals surface area contributed by atoms with E-state index in [9.17, 15) is 9.59 Å². The Morgan fingerprint density at radius 3 is 2.50 bits per heavy atom. The molecule has 0 unspecified atom stereocenters. The molecule has 2 atom stereocenters. The van der Waals surface area contributed by atoms with E-state index in [1.165, 1.54) is 6.42 Å². The number of ether oxygens (including phenoxy) is 1. The zero-order chi connectivity index (χ0) is 17.4. The van der Waals surface area contributed by atoms with Crippen molar-refractivity contribution in [3.05, 3.63) is 35.9 Å². The summed E-state index contributed by atoms with van der Waals surface area (Å²) >= 11 is 0. The van der Waals surface area contributed by atoms with Crippen molar-refractivity contribution >= 4 is 11.9 Å². The second-order valence-corrected chi connectivity index (χ2v) is 6.55. The van der Waals surface area contributed by atoms with Gasteiger partial charge in [0.1, 0.15) is 6.61 Å². The van der Waals surface area contributed by atoms with E-state index < -0.39 is 0 Å². The van der Waals surface area contributed by atoms with Crippen LogP contribution in [0.15, 0.2) is 30.3 Å². The largest absolute Gasteiger partial charge is 0.461 e. The summed E-state index contributed by atoms with van der Waals surface area (Å²) in [6, 6.07) is 10.4. The zero-order valence-corrected chi connectivity index (χ0v) is 14.7. The number of benzene rings is 1. The van der Waals surface area contributed by atoms with E-state index in [2.05, 4.69) is 24.1 Å². The van der Waals surface area contributed by atoms with Crippen molar-refractivity contribution in [1.82, 2.24) is 10.2 Å². The Morgan fingerprint density at radius 1 is 1.17 bits per heavy atom. The van der Waals surface area contributed by atoms with Gasteiger partial charge in [-0.1, -0.05) is 36.8 Å². The fourth-order valence-corrected chi connectivity index (χ4v) is 3.12. The number of likely N-dealkylation sites (tertiary alicyclic amines) is 1. The zero-order valence-electron chi connectivity index (χ0n) is 14.7. The van der Waals surface area contributed by atoms with Gasteiger partial charge in [-0.2, -0.15) is 0 Å². The van der Waals surface area contributed by atoms with Gasteiger partial charge in [-0.15, -0.1) is 0 Å². The molecule has 1 aromatic rings. The number of carbonyl (C=O) groups excluding carboxylic acids is 2. The van der Waals surface area contributed by atoms with Gasteiger partial charge in [-0.25, -0.2) is 0 Å². The number of nitrogens with one attached hydrogen (secondary N) is 1. The second-order valence-electron chi connectivity index (χ2n) is 6.55. The van der Waals surface area contributed by atoms with Crippen LogP contribution in [-0.2, 0) is 20.9 Å². The van der Waals surface area contributed by atoms with Crippen LogP contribution in [0, 0.1) is 0 Å². The highest BCUT2D eigenvalue weighted by Crippen LogP contribution is 2.21. The standard InChI is InChI=1S/C19H28N2O3/c1-15-7-6-8-16(2)21(15)13-18(22)20-12-11-19(23)24-14-17-9-4-3-5-10-17/h3-5,9-10,15-16H,6-8,11-14H2,1-2H3,(H,20,22)/t15-,16+. The quantitative estimate of drug-likeness (QED) is 0.780. The Hall–Kier alpha value is -1.88. The third-order valence-corrected chi connectivity index (χ3v) is 4.60. The highest BCUT2D eigenvalue weighted by molar-refractivity contribution is 5.79. The van der Waals surface area contributed by atoms with Crippen LogP contribution in [0.1, 0.15) is 45.1 Å². The molecule has 1 aliphatic heterocycles. The lowest BCUT2D eigenvalue weighted by Gasteiger charge is -2.38. The summed E-state index contributed by atoms with van der Waals surface area (Å²) in [6.07, 6.45) is 3.71. The SMILES string of the molecule is C[C@@H]1CCC[C@H](C)N1CC(=O)NCCC(=O)OCc1ccccc1. The molecule has 1 heterocycles. The van der Waals surface area contributed by atoms with Crippen LogP contribution in [0.4, 0.5) is 0 Å². The molecule has 0 bridgehead atoms. The Labute approximate surface area is 144 Å². The number of nitrogens with zero attached hydrogens (tertiary/aromatic N) is 1. The van der Waals surface area contributed by atoms with Gasteiger partial charge in [0, 0.05) is 18.6 Å². The van der Waals surface area contributed by atoms with E-state index >= 15 is 0 Å². The van der Waals surface area contributed by atoms with E-state index in [1.807, 2.05) is 30.3 Å². The molecule has 1 N–H and O–H groups in total. The van der Waals surface area contributed by atoms with E-state index in [4.69, 9.17) is 4.74 Å². The minimum Gasteiger partial charge on any atom is -0.461 e. The summed E-state index contributed by atoms with van der Waals surface area (Å²) < 4.78 is 5.19. The molecule has 1 fully saturated rings. The van der Waals surface area contributed by atoms with Crippen LogP contribution in [-0.4, -0.2) is 41.9 Å². The number of amides is 1. The minimum atomic E-state index is -0.293. The summed E-state index contributed by atoms with van der Waals surface area (Å²) in [4.78, 5) is 26.0. The van der Waals surface area contributed by atoms with Crippen LogP contribution in [0.5, 0.6) is 0 Å². The van der Waals surface area contributed by atoms with Crippen molar-refractivity contribution in [3.8, 4) is 0 Å². The molecule has 5 heteroatoms. The first-order chi connectivity index (χ1) is 11.6. The molecule has 0 aliphatic carbocycles. The van der Waals surface area contributed by atoms with Crippen molar-refractivity contribution in [1.29, 1.82) is 0 Å². The topological polar surface area (TPSA) is 58.6 Å². The van der Waals surface area contributed by atoms with Crippen LogP contribution < -0.4 is 5.32 Å². The van der Waals surface area contributed by atoms with Crippen LogP contribution in [0.3, 0.4) is 0 Å². The maximum atomic E-state index is 12.1. The van der Waals surface area contributed by atoms with E-state index in [-0.39, 0.29) is 24.9 Å². The molecule has 1 aromatic carbocycles. The number of esters is 1. The molecule has 1 aliphatic rings. The van der Waals surface area contributed by atoms with Gasteiger partial charge in [0.2, 0.25) is 5.91 Å². The van der Waals surface area contributed by atoms with Gasteiger partial charge in [-0.05, 0) is 32.3 Å². The Morgan fingerprint density at radius 2 is 1.83 bits per heavy atom. The van der Waals surface area contributed by atoms with Crippen molar-refractivity contribution < 1.29 is 14.3 Å². The molecule has 0 aromatic heterocycles. The van der Waals surface area contributed by atoms with Gasteiger partial charge in [-0.3, -0.25) is 14.5 Å². The van der Waals surface area contributed by atoms with Gasteiger partial charge in [0.05, 0.1) is 13.0 Å². The molecular weight excluding hydrogens is 304 g/mol. The van der Waals surface area contributed by atoms with Gasteiger partial charge in [0.15, 0.2) is 0 Å². The van der Waals surface area contributed by atoms with Crippen molar-refractivity contribution in [2.24, 2.45) is 0 Å². The highest BCUT2D eigenvalue weighted by Gasteiger charge is 2.26. The molecular formula is C19H28N2O3. The minimum absolute atomic E-state index is 0.0218. The Kier molecular flexibility index (Phi) is 7.25. The number of carbonyl (C=O) groups is 2. The monoisotopic (exact) mass is 332 g/mol. The third-order valence-electron chi connectivity index (χ3n) is 4.60. The van der Waals surface area contributed by atoms with Crippen LogP contribution in [0.25, 0.3) is 0 Å². The first-order valence-electron chi connectivity index (χ1n) is 8.78. The fourth-order valence-electron chi connectivity index (χ4n) is 3.12. The maximum absolute atomic E-state index is 12.1. The molecule has 1 amide bonds.